The number of carbonyl (C=O) groups excluding carboxylic acids is 1. The maximum Gasteiger partial charge on any atom is 0.242 e. The first-order chi connectivity index (χ1) is 16.0. The van der Waals surface area contributed by atoms with Crippen LogP contribution in [0.2, 0.25) is 0 Å². The number of benzene rings is 2. The van der Waals surface area contributed by atoms with Gasteiger partial charge in [0.2, 0.25) is 15.9 Å². The second-order valence-corrected chi connectivity index (χ2v) is 10.6. The minimum absolute atomic E-state index is 0.117. The topological polar surface area (TPSA) is 84.3 Å². The third-order valence-electron chi connectivity index (χ3n) is 5.69. The van der Waals surface area contributed by atoms with Gasteiger partial charge in [-0.25, -0.2) is 26.5 Å². The lowest BCUT2D eigenvalue weighted by Gasteiger charge is -2.15. The first-order valence-electron chi connectivity index (χ1n) is 11.2. The van der Waals surface area contributed by atoms with E-state index in [2.05, 4.69) is 17.2 Å². The molecule has 184 valence electrons. The zero-order valence-corrected chi connectivity index (χ0v) is 20.6. The van der Waals surface area contributed by atoms with Crippen molar-refractivity contribution in [2.45, 2.75) is 57.0 Å². The van der Waals surface area contributed by atoms with E-state index in [1.807, 2.05) is 4.57 Å². The summed E-state index contributed by atoms with van der Waals surface area (Å²) in [6.45, 7) is 4.41. The number of aromatic nitrogens is 2. The molecule has 0 aliphatic heterocycles. The third kappa shape index (κ3) is 5.61. The summed E-state index contributed by atoms with van der Waals surface area (Å²) in [6.07, 6.45) is 2.32. The highest BCUT2D eigenvalue weighted by molar-refractivity contribution is 7.89. The molecule has 1 heterocycles. The van der Waals surface area contributed by atoms with Gasteiger partial charge in [-0.3, -0.25) is 4.79 Å². The summed E-state index contributed by atoms with van der Waals surface area (Å²) in [5.41, 5.74) is 1.57. The van der Waals surface area contributed by atoms with E-state index < -0.39 is 27.7 Å². The van der Waals surface area contributed by atoms with Crippen LogP contribution in [0.4, 0.5) is 8.78 Å². The first kappa shape index (κ1) is 25.8. The van der Waals surface area contributed by atoms with Gasteiger partial charge in [-0.15, -0.1) is 0 Å². The Labute approximate surface area is 198 Å². The van der Waals surface area contributed by atoms with Gasteiger partial charge < -0.3 is 9.88 Å². The van der Waals surface area contributed by atoms with Crippen LogP contribution in [0.25, 0.3) is 11.0 Å². The van der Waals surface area contributed by atoms with Crippen LogP contribution in [-0.4, -0.2) is 42.3 Å². The molecule has 0 saturated carbocycles. The van der Waals surface area contributed by atoms with E-state index in [0.717, 1.165) is 34.8 Å². The Bertz CT molecular complexity index is 1290. The lowest BCUT2D eigenvalue weighted by Crippen LogP contribution is -2.27. The number of amides is 1. The summed E-state index contributed by atoms with van der Waals surface area (Å²) in [6, 6.07) is 7.51. The molecule has 0 radical (unpaired) electrons. The Balaban J connectivity index is 1.80. The number of nitrogens with zero attached hydrogens (tertiary/aromatic N) is 3. The molecule has 0 spiro atoms. The minimum Gasteiger partial charge on any atom is -0.349 e. The maximum absolute atomic E-state index is 14.0. The van der Waals surface area contributed by atoms with Crippen molar-refractivity contribution in [3.63, 3.8) is 0 Å². The molecule has 34 heavy (non-hydrogen) atoms. The number of fused-ring (bicyclic) bond motifs is 1. The first-order valence-corrected chi connectivity index (χ1v) is 12.6. The smallest absolute Gasteiger partial charge is 0.242 e. The van der Waals surface area contributed by atoms with Crippen molar-refractivity contribution >= 4 is 27.0 Å². The molecule has 0 aliphatic rings. The standard InChI is InChI=1S/C24H30F2N4O3S/c1-5-6-13-30-22-10-8-18(34(32,33)29(3)4)15-21(22)28-23(30)11-12-24(31)27-16(2)19-9-7-17(25)14-20(19)26/h7-10,14-16H,5-6,11-13H2,1-4H3,(H,27,31). The molecule has 0 fully saturated rings. The number of sulfonamides is 1. The SMILES string of the molecule is CCCCn1c(CCC(=O)NC(C)c2ccc(F)cc2F)nc2cc(S(=O)(=O)N(C)C)ccc21. The molecule has 1 N–H and O–H groups in total. The Kier molecular flexibility index (Phi) is 8.04. The zero-order valence-electron chi connectivity index (χ0n) is 19.8. The van der Waals surface area contributed by atoms with E-state index >= 15 is 0 Å². The highest BCUT2D eigenvalue weighted by Crippen LogP contribution is 2.24. The average molecular weight is 493 g/mol. The van der Waals surface area contributed by atoms with Gasteiger partial charge in [0.25, 0.3) is 0 Å². The molecule has 1 atom stereocenters. The van der Waals surface area contributed by atoms with Crippen molar-refractivity contribution in [1.82, 2.24) is 19.2 Å². The van der Waals surface area contributed by atoms with Crippen LogP contribution in [-0.2, 0) is 27.8 Å². The van der Waals surface area contributed by atoms with Gasteiger partial charge in [-0.2, -0.15) is 0 Å². The number of hydrogen-bond donors (Lipinski definition) is 1. The lowest BCUT2D eigenvalue weighted by molar-refractivity contribution is -0.121. The van der Waals surface area contributed by atoms with E-state index in [1.54, 1.807) is 25.1 Å². The molecular formula is C24H30F2N4O3S. The molecule has 1 aromatic heterocycles. The van der Waals surface area contributed by atoms with Gasteiger partial charge >= 0.3 is 0 Å². The monoisotopic (exact) mass is 492 g/mol. The van der Waals surface area contributed by atoms with Crippen molar-refractivity contribution in [2.24, 2.45) is 0 Å². The Morgan fingerprint density at radius 3 is 2.56 bits per heavy atom. The molecule has 1 unspecified atom stereocenters. The van der Waals surface area contributed by atoms with Crippen LogP contribution in [0.5, 0.6) is 0 Å². The van der Waals surface area contributed by atoms with Crippen LogP contribution in [0.15, 0.2) is 41.3 Å². The van der Waals surface area contributed by atoms with Crippen LogP contribution in [0, 0.1) is 11.6 Å². The zero-order chi connectivity index (χ0) is 25.0. The number of rotatable bonds is 10. The van der Waals surface area contributed by atoms with Crippen molar-refractivity contribution in [2.75, 3.05) is 14.1 Å². The fourth-order valence-electron chi connectivity index (χ4n) is 3.76. The number of carbonyl (C=O) groups is 1. The van der Waals surface area contributed by atoms with E-state index in [0.29, 0.717) is 24.3 Å². The highest BCUT2D eigenvalue weighted by Gasteiger charge is 2.20. The molecule has 0 saturated heterocycles. The second kappa shape index (κ2) is 10.6. The molecule has 2 aromatic carbocycles. The quantitative estimate of drug-likeness (QED) is 0.460. The highest BCUT2D eigenvalue weighted by atomic mass is 32.2. The molecule has 0 bridgehead atoms. The fraction of sp³-hybridized carbons (Fsp3) is 0.417. The van der Waals surface area contributed by atoms with Gasteiger partial charge in [-0.1, -0.05) is 19.4 Å². The van der Waals surface area contributed by atoms with E-state index in [1.165, 1.54) is 20.2 Å². The summed E-state index contributed by atoms with van der Waals surface area (Å²) in [5.74, 6) is -0.996. The summed E-state index contributed by atoms with van der Waals surface area (Å²) in [7, 11) is -0.646. The average Bonchev–Trinajstić information content (AvgIpc) is 3.12. The van der Waals surface area contributed by atoms with Crippen LogP contribution >= 0.6 is 0 Å². The normalized spacial score (nSPS) is 12.9. The van der Waals surface area contributed by atoms with E-state index in [-0.39, 0.29) is 22.8 Å². The van der Waals surface area contributed by atoms with Crippen LogP contribution in [0.1, 0.15) is 50.5 Å². The fourth-order valence-corrected chi connectivity index (χ4v) is 4.68. The van der Waals surface area contributed by atoms with Crippen molar-refractivity contribution in [1.29, 1.82) is 0 Å². The van der Waals surface area contributed by atoms with Gasteiger partial charge in [-0.05, 0) is 37.6 Å². The predicted octanol–water partition coefficient (Wildman–Crippen LogP) is 4.17. The minimum atomic E-state index is -3.59. The molecular weight excluding hydrogens is 462 g/mol. The summed E-state index contributed by atoms with van der Waals surface area (Å²) >= 11 is 0. The third-order valence-corrected chi connectivity index (χ3v) is 7.51. The molecule has 7 nitrogen and oxygen atoms in total. The summed E-state index contributed by atoms with van der Waals surface area (Å²) in [4.78, 5) is 17.3. The predicted molar refractivity (Wildman–Crippen MR) is 127 cm³/mol. The van der Waals surface area contributed by atoms with Crippen molar-refractivity contribution in [3.05, 3.63) is 59.4 Å². The van der Waals surface area contributed by atoms with Gasteiger partial charge in [0.15, 0.2) is 0 Å². The largest absolute Gasteiger partial charge is 0.349 e. The molecule has 1 amide bonds. The number of unbranched alkanes of at least 4 members (excludes halogenated alkanes) is 1. The lowest BCUT2D eigenvalue weighted by atomic mass is 10.1. The number of hydrogen-bond acceptors (Lipinski definition) is 4. The second-order valence-electron chi connectivity index (χ2n) is 8.43. The van der Waals surface area contributed by atoms with Crippen molar-refractivity contribution < 1.29 is 22.0 Å². The Hall–Kier alpha value is -2.85. The molecule has 10 heteroatoms. The van der Waals surface area contributed by atoms with Crippen LogP contribution in [0.3, 0.4) is 0 Å². The number of imidazole rings is 1. The number of nitrogens with one attached hydrogen (secondary N) is 1. The van der Waals surface area contributed by atoms with E-state index in [4.69, 9.17) is 0 Å². The maximum atomic E-state index is 14.0. The molecule has 3 rings (SSSR count). The Morgan fingerprint density at radius 1 is 1.18 bits per heavy atom. The van der Waals surface area contributed by atoms with Crippen molar-refractivity contribution in [3.8, 4) is 0 Å². The number of halogens is 2. The Morgan fingerprint density at radius 2 is 1.91 bits per heavy atom. The van der Waals surface area contributed by atoms with Crippen LogP contribution < -0.4 is 5.32 Å². The van der Waals surface area contributed by atoms with Gasteiger partial charge in [0, 0.05) is 45.1 Å². The van der Waals surface area contributed by atoms with E-state index in [9.17, 15) is 22.0 Å². The molecule has 0 aliphatic carbocycles. The summed E-state index contributed by atoms with van der Waals surface area (Å²) < 4.78 is 55.3. The molecule has 3 aromatic rings. The number of aryl methyl sites for hydroxylation is 2. The van der Waals surface area contributed by atoms with Gasteiger partial charge in [0.1, 0.15) is 17.5 Å². The van der Waals surface area contributed by atoms with Gasteiger partial charge in [0.05, 0.1) is 22.0 Å². The summed E-state index contributed by atoms with van der Waals surface area (Å²) in [5, 5.41) is 2.74.